The molecule has 0 aliphatic carbocycles. The second kappa shape index (κ2) is 5.99. The van der Waals surface area contributed by atoms with Crippen molar-refractivity contribution in [3.8, 4) is 0 Å². The molecule has 0 aromatic carbocycles. The van der Waals surface area contributed by atoms with Crippen LogP contribution in [0.4, 0.5) is 0 Å². The van der Waals surface area contributed by atoms with E-state index in [-0.39, 0.29) is 6.04 Å². The lowest BCUT2D eigenvalue weighted by Crippen LogP contribution is -2.48. The summed E-state index contributed by atoms with van der Waals surface area (Å²) in [6, 6.07) is -0.135. The fourth-order valence-corrected chi connectivity index (χ4v) is 3.90. The van der Waals surface area contributed by atoms with E-state index >= 15 is 0 Å². The molecule has 1 aliphatic rings. The molecule has 0 aromatic heterocycles. The van der Waals surface area contributed by atoms with Crippen molar-refractivity contribution in [3.63, 3.8) is 0 Å². The third kappa shape index (κ3) is 3.21. The summed E-state index contributed by atoms with van der Waals surface area (Å²) in [5.41, 5.74) is 0. The number of hydrogen-bond donors (Lipinski definition) is 1. The van der Waals surface area contributed by atoms with Gasteiger partial charge < -0.3 is 10.0 Å². The van der Waals surface area contributed by atoms with Gasteiger partial charge in [0.15, 0.2) is 5.25 Å². The number of nitrogens with zero attached hydrogens (tertiary/aromatic N) is 2. The number of carboxylic acids is 1. The maximum atomic E-state index is 12.3. The summed E-state index contributed by atoms with van der Waals surface area (Å²) in [6.07, 6.45) is 1.43. The fraction of sp³-hybridized carbons (Fsp3) is 0.909. The highest BCUT2D eigenvalue weighted by Crippen LogP contribution is 2.19. The molecule has 0 radical (unpaired) electrons. The standard InChI is InChI=1S/C11H22N2O4S/c1-4-10-8-12(3)6-5-7-13(10)18(16,17)9(2)11(14)15/h9-10H,4-8H2,1-3H3,(H,14,15). The van der Waals surface area contributed by atoms with E-state index < -0.39 is 21.2 Å². The van der Waals surface area contributed by atoms with Crippen LogP contribution in [0.25, 0.3) is 0 Å². The van der Waals surface area contributed by atoms with Crippen LogP contribution in [0.2, 0.25) is 0 Å². The molecule has 6 nitrogen and oxygen atoms in total. The molecule has 1 N–H and O–H groups in total. The molecule has 106 valence electrons. The molecular weight excluding hydrogens is 256 g/mol. The van der Waals surface area contributed by atoms with E-state index in [1.165, 1.54) is 11.2 Å². The van der Waals surface area contributed by atoms with Gasteiger partial charge in [-0.15, -0.1) is 0 Å². The van der Waals surface area contributed by atoms with Crippen molar-refractivity contribution in [2.24, 2.45) is 0 Å². The normalized spacial score (nSPS) is 25.6. The summed E-state index contributed by atoms with van der Waals surface area (Å²) in [5, 5.41) is 7.53. The summed E-state index contributed by atoms with van der Waals surface area (Å²) in [7, 11) is -1.80. The predicted molar refractivity (Wildman–Crippen MR) is 68.9 cm³/mol. The lowest BCUT2D eigenvalue weighted by Gasteiger charge is -2.30. The lowest BCUT2D eigenvalue weighted by atomic mass is 10.2. The molecule has 0 bridgehead atoms. The highest BCUT2D eigenvalue weighted by molar-refractivity contribution is 7.90. The van der Waals surface area contributed by atoms with Crippen molar-refractivity contribution in [1.82, 2.24) is 9.21 Å². The van der Waals surface area contributed by atoms with Gasteiger partial charge >= 0.3 is 5.97 Å². The highest BCUT2D eigenvalue weighted by Gasteiger charge is 2.38. The van der Waals surface area contributed by atoms with Crippen LogP contribution in [0.5, 0.6) is 0 Å². The topological polar surface area (TPSA) is 77.9 Å². The summed E-state index contributed by atoms with van der Waals surface area (Å²) >= 11 is 0. The first-order valence-corrected chi connectivity index (χ1v) is 7.73. The van der Waals surface area contributed by atoms with Crippen molar-refractivity contribution in [2.45, 2.75) is 38.0 Å². The Balaban J connectivity index is 3.00. The third-order valence-corrected chi connectivity index (χ3v) is 5.67. The van der Waals surface area contributed by atoms with Crippen LogP contribution in [0.15, 0.2) is 0 Å². The molecule has 0 aromatic rings. The summed E-state index contributed by atoms with van der Waals surface area (Å²) < 4.78 is 25.9. The molecule has 1 heterocycles. The molecule has 0 amide bonds. The Labute approximate surface area is 109 Å². The Hall–Kier alpha value is -0.660. The van der Waals surface area contributed by atoms with Crippen molar-refractivity contribution >= 4 is 16.0 Å². The van der Waals surface area contributed by atoms with E-state index in [0.717, 1.165) is 13.0 Å². The number of hydrogen-bond acceptors (Lipinski definition) is 4. The minimum atomic E-state index is -3.76. The van der Waals surface area contributed by atoms with Crippen LogP contribution in [0, 0.1) is 0 Å². The maximum Gasteiger partial charge on any atom is 0.323 e. The predicted octanol–water partition coefficient (Wildman–Crippen LogP) is 0.205. The van der Waals surface area contributed by atoms with Gasteiger partial charge in [0, 0.05) is 19.1 Å². The highest BCUT2D eigenvalue weighted by atomic mass is 32.2. The summed E-state index contributed by atoms with van der Waals surface area (Å²) in [6.45, 7) is 5.06. The number of rotatable bonds is 4. The SMILES string of the molecule is CCC1CN(C)CCCN1S(=O)(=O)C(C)C(=O)O. The average Bonchev–Trinajstić information content (AvgIpc) is 2.49. The monoisotopic (exact) mass is 278 g/mol. The van der Waals surface area contributed by atoms with Crippen molar-refractivity contribution in [1.29, 1.82) is 0 Å². The molecule has 0 spiro atoms. The largest absolute Gasteiger partial charge is 0.480 e. The molecule has 1 rings (SSSR count). The molecule has 2 atom stereocenters. The Morgan fingerprint density at radius 3 is 2.56 bits per heavy atom. The first kappa shape index (κ1) is 15.4. The van der Waals surface area contributed by atoms with E-state index in [0.29, 0.717) is 19.5 Å². The summed E-state index contributed by atoms with van der Waals surface area (Å²) in [4.78, 5) is 13.0. The van der Waals surface area contributed by atoms with Crippen molar-refractivity contribution in [3.05, 3.63) is 0 Å². The second-order valence-corrected chi connectivity index (χ2v) is 7.02. The lowest BCUT2D eigenvalue weighted by molar-refractivity contribution is -0.136. The quantitative estimate of drug-likeness (QED) is 0.795. The van der Waals surface area contributed by atoms with Gasteiger partial charge in [-0.25, -0.2) is 8.42 Å². The van der Waals surface area contributed by atoms with Gasteiger partial charge in [0.05, 0.1) is 0 Å². The van der Waals surface area contributed by atoms with Gasteiger partial charge in [0.2, 0.25) is 10.0 Å². The molecule has 1 saturated heterocycles. The Morgan fingerprint density at radius 1 is 1.44 bits per heavy atom. The van der Waals surface area contributed by atoms with Crippen LogP contribution in [-0.2, 0) is 14.8 Å². The minimum Gasteiger partial charge on any atom is -0.480 e. The second-order valence-electron chi connectivity index (χ2n) is 4.81. The first-order chi connectivity index (χ1) is 8.30. The van der Waals surface area contributed by atoms with Crippen LogP contribution in [-0.4, -0.2) is 66.7 Å². The van der Waals surface area contributed by atoms with E-state index in [9.17, 15) is 13.2 Å². The minimum absolute atomic E-state index is 0.135. The van der Waals surface area contributed by atoms with Crippen molar-refractivity contribution < 1.29 is 18.3 Å². The van der Waals surface area contributed by atoms with Gasteiger partial charge in [-0.1, -0.05) is 6.92 Å². The van der Waals surface area contributed by atoms with Gasteiger partial charge in [0.25, 0.3) is 0 Å². The maximum absolute atomic E-state index is 12.3. The number of likely N-dealkylation sites (N-methyl/N-ethyl adjacent to an activating group) is 1. The third-order valence-electron chi connectivity index (χ3n) is 3.44. The van der Waals surface area contributed by atoms with Crippen LogP contribution < -0.4 is 0 Å². The number of carbonyl (C=O) groups is 1. The molecule has 1 aliphatic heterocycles. The van der Waals surface area contributed by atoms with E-state index in [1.54, 1.807) is 0 Å². The van der Waals surface area contributed by atoms with Crippen LogP contribution >= 0.6 is 0 Å². The Kier molecular flexibility index (Phi) is 5.12. The molecular formula is C11H22N2O4S. The zero-order chi connectivity index (χ0) is 13.9. The van der Waals surface area contributed by atoms with E-state index in [4.69, 9.17) is 5.11 Å². The zero-order valence-corrected chi connectivity index (χ0v) is 12.0. The van der Waals surface area contributed by atoms with Gasteiger partial charge in [-0.3, -0.25) is 4.79 Å². The number of aliphatic carboxylic acids is 1. The smallest absolute Gasteiger partial charge is 0.323 e. The van der Waals surface area contributed by atoms with Crippen molar-refractivity contribution in [2.75, 3.05) is 26.7 Å². The first-order valence-electron chi connectivity index (χ1n) is 6.22. The molecule has 2 unspecified atom stereocenters. The average molecular weight is 278 g/mol. The molecule has 0 saturated carbocycles. The fourth-order valence-electron chi connectivity index (χ4n) is 2.22. The van der Waals surface area contributed by atoms with Gasteiger partial charge in [-0.2, -0.15) is 4.31 Å². The van der Waals surface area contributed by atoms with Crippen LogP contribution in [0.3, 0.4) is 0 Å². The van der Waals surface area contributed by atoms with Crippen LogP contribution in [0.1, 0.15) is 26.7 Å². The Morgan fingerprint density at radius 2 is 2.06 bits per heavy atom. The summed E-state index contributed by atoms with van der Waals surface area (Å²) in [5.74, 6) is -1.29. The van der Waals surface area contributed by atoms with Gasteiger partial charge in [-0.05, 0) is 33.4 Å². The van der Waals surface area contributed by atoms with Gasteiger partial charge in [0.1, 0.15) is 0 Å². The molecule has 18 heavy (non-hydrogen) atoms. The molecule has 7 heteroatoms. The Bertz CT molecular complexity index is 396. The zero-order valence-electron chi connectivity index (χ0n) is 11.2. The number of sulfonamides is 1. The molecule has 1 fully saturated rings. The van der Waals surface area contributed by atoms with E-state index in [2.05, 4.69) is 4.90 Å². The number of carboxylic acid groups (broad SMARTS) is 1. The van der Waals surface area contributed by atoms with E-state index in [1.807, 2.05) is 14.0 Å².